The van der Waals surface area contributed by atoms with E-state index < -0.39 is 0 Å². The Bertz CT molecular complexity index is 780. The zero-order chi connectivity index (χ0) is 21.3. The Kier molecular flexibility index (Phi) is 8.30. The number of carbonyl (C=O) groups excluding carboxylic acids is 1. The molecule has 1 amide bonds. The lowest BCUT2D eigenvalue weighted by Crippen LogP contribution is -2.41. The minimum Gasteiger partial charge on any atom is -0.496 e. The van der Waals surface area contributed by atoms with Crippen molar-refractivity contribution in [3.63, 3.8) is 0 Å². The normalized spacial score (nSPS) is 19.2. The number of likely N-dealkylation sites (tertiary alicyclic amines) is 1. The van der Waals surface area contributed by atoms with Crippen molar-refractivity contribution in [2.45, 2.75) is 12.5 Å². The molecule has 0 spiro atoms. The van der Waals surface area contributed by atoms with Crippen LogP contribution in [0, 0.1) is 5.92 Å². The molecule has 1 fully saturated rings. The van der Waals surface area contributed by atoms with Crippen molar-refractivity contribution in [2.75, 3.05) is 60.7 Å². The Morgan fingerprint density at radius 2 is 1.97 bits per heavy atom. The summed E-state index contributed by atoms with van der Waals surface area (Å²) in [5.41, 5.74) is 1.18. The number of rotatable bonds is 11. The number of hydrogen-bond donors (Lipinski definition) is 0. The van der Waals surface area contributed by atoms with Gasteiger partial charge in [0.05, 0.1) is 26.5 Å². The molecule has 1 aromatic carbocycles. The first-order valence-corrected chi connectivity index (χ1v) is 10.3. The fraction of sp³-hybridized carbons (Fsp3) is 0.522. The summed E-state index contributed by atoms with van der Waals surface area (Å²) in [7, 11) is 4.90. The molecule has 7 nitrogen and oxygen atoms in total. The molecular formula is C23H32N2O5. The van der Waals surface area contributed by atoms with Crippen molar-refractivity contribution in [2.24, 2.45) is 5.92 Å². The second-order valence-corrected chi connectivity index (χ2v) is 7.65. The van der Waals surface area contributed by atoms with Crippen LogP contribution in [0.1, 0.15) is 17.2 Å². The van der Waals surface area contributed by atoms with E-state index in [4.69, 9.17) is 18.6 Å². The molecule has 164 valence electrons. The van der Waals surface area contributed by atoms with E-state index in [1.807, 2.05) is 35.2 Å². The maximum Gasteiger partial charge on any atom is 0.248 e. The van der Waals surface area contributed by atoms with Gasteiger partial charge in [0.15, 0.2) is 0 Å². The number of hydrogen-bond acceptors (Lipinski definition) is 6. The highest BCUT2D eigenvalue weighted by atomic mass is 16.5. The van der Waals surface area contributed by atoms with Crippen LogP contribution >= 0.6 is 0 Å². The average Bonchev–Trinajstić information content (AvgIpc) is 3.41. The monoisotopic (exact) mass is 416 g/mol. The summed E-state index contributed by atoms with van der Waals surface area (Å²) in [6.07, 6.45) is 1.70. The molecule has 2 atom stereocenters. The molecule has 1 aromatic heterocycles. The third-order valence-electron chi connectivity index (χ3n) is 5.66. The van der Waals surface area contributed by atoms with E-state index in [1.54, 1.807) is 27.6 Å². The summed E-state index contributed by atoms with van der Waals surface area (Å²) >= 11 is 0. The molecule has 30 heavy (non-hydrogen) atoms. The first-order chi connectivity index (χ1) is 14.7. The highest BCUT2D eigenvalue weighted by molar-refractivity contribution is 5.77. The Balaban J connectivity index is 1.81. The summed E-state index contributed by atoms with van der Waals surface area (Å²) in [5, 5.41) is 0. The molecule has 3 rings (SSSR count). The second-order valence-electron chi connectivity index (χ2n) is 7.65. The molecular weight excluding hydrogens is 384 g/mol. The number of methoxy groups -OCH3 is 3. The maximum atomic E-state index is 12.6. The Morgan fingerprint density at radius 3 is 2.67 bits per heavy atom. The summed E-state index contributed by atoms with van der Waals surface area (Å²) in [6.45, 7) is 4.26. The van der Waals surface area contributed by atoms with Crippen molar-refractivity contribution < 1.29 is 23.4 Å². The van der Waals surface area contributed by atoms with Crippen LogP contribution in [0.2, 0.25) is 0 Å². The van der Waals surface area contributed by atoms with E-state index >= 15 is 0 Å². The van der Waals surface area contributed by atoms with Crippen molar-refractivity contribution >= 4 is 5.91 Å². The van der Waals surface area contributed by atoms with Crippen molar-refractivity contribution in [1.29, 1.82) is 0 Å². The zero-order valence-electron chi connectivity index (χ0n) is 18.1. The van der Waals surface area contributed by atoms with Crippen molar-refractivity contribution in [3.8, 4) is 5.75 Å². The highest BCUT2D eigenvalue weighted by Crippen LogP contribution is 2.38. The SMILES string of the molecule is COCCN(C[C@H]1CN(Cc2ccco2)C[C@@H]1c1ccccc1OC)C(=O)COC. The number of ether oxygens (including phenoxy) is 3. The van der Waals surface area contributed by atoms with E-state index in [1.165, 1.54) is 5.56 Å². The van der Waals surface area contributed by atoms with E-state index in [-0.39, 0.29) is 24.3 Å². The first kappa shape index (κ1) is 22.3. The average molecular weight is 417 g/mol. The Labute approximate surface area is 178 Å². The van der Waals surface area contributed by atoms with Gasteiger partial charge in [0.25, 0.3) is 0 Å². The van der Waals surface area contributed by atoms with E-state index in [0.717, 1.165) is 31.1 Å². The van der Waals surface area contributed by atoms with Gasteiger partial charge in [-0.15, -0.1) is 0 Å². The molecule has 0 radical (unpaired) electrons. The minimum atomic E-state index is -0.0159. The van der Waals surface area contributed by atoms with Crippen LogP contribution in [-0.2, 0) is 20.8 Å². The summed E-state index contributed by atoms with van der Waals surface area (Å²) < 4.78 is 21.5. The van der Waals surface area contributed by atoms with E-state index in [9.17, 15) is 4.79 Å². The number of carbonyl (C=O) groups is 1. The van der Waals surface area contributed by atoms with Gasteiger partial charge in [-0.05, 0) is 29.7 Å². The summed E-state index contributed by atoms with van der Waals surface area (Å²) in [5.74, 6) is 2.32. The number of benzene rings is 1. The molecule has 7 heteroatoms. The van der Waals surface area contributed by atoms with Crippen molar-refractivity contribution in [3.05, 3.63) is 54.0 Å². The van der Waals surface area contributed by atoms with Crippen LogP contribution in [0.3, 0.4) is 0 Å². The van der Waals surface area contributed by atoms with Crippen LogP contribution in [0.25, 0.3) is 0 Å². The fourth-order valence-corrected chi connectivity index (χ4v) is 4.24. The number of nitrogens with zero attached hydrogens (tertiary/aromatic N) is 2. The summed E-state index contributed by atoms with van der Waals surface area (Å²) in [6, 6.07) is 12.1. The molecule has 1 aliphatic rings. The highest BCUT2D eigenvalue weighted by Gasteiger charge is 2.37. The van der Waals surface area contributed by atoms with Gasteiger partial charge in [-0.2, -0.15) is 0 Å². The van der Waals surface area contributed by atoms with Crippen LogP contribution < -0.4 is 4.74 Å². The number of furan rings is 1. The molecule has 0 aliphatic carbocycles. The predicted molar refractivity (Wildman–Crippen MR) is 114 cm³/mol. The lowest BCUT2D eigenvalue weighted by molar-refractivity contribution is -0.136. The van der Waals surface area contributed by atoms with Gasteiger partial charge in [0.1, 0.15) is 18.1 Å². The lowest BCUT2D eigenvalue weighted by atomic mass is 9.88. The van der Waals surface area contributed by atoms with Gasteiger partial charge >= 0.3 is 0 Å². The summed E-state index contributed by atoms with van der Waals surface area (Å²) in [4.78, 5) is 16.9. The molecule has 1 aliphatic heterocycles. The first-order valence-electron chi connectivity index (χ1n) is 10.3. The third kappa shape index (κ3) is 5.62. The minimum absolute atomic E-state index is 0.0159. The van der Waals surface area contributed by atoms with Gasteiger partial charge in [-0.3, -0.25) is 9.69 Å². The molecule has 0 unspecified atom stereocenters. The van der Waals surface area contributed by atoms with Crippen LogP contribution in [0.15, 0.2) is 47.1 Å². The predicted octanol–water partition coefficient (Wildman–Crippen LogP) is 2.63. The molecule has 2 aromatic rings. The standard InChI is InChI=1S/C23H32N2O5/c1-27-12-10-25(23(26)17-28-2)14-18-13-24(15-19-7-6-11-30-19)16-21(18)20-8-4-5-9-22(20)29-3/h4-9,11,18,21H,10,12-17H2,1-3H3/t18-,21+/m1/s1. The quantitative estimate of drug-likeness (QED) is 0.561. The Morgan fingerprint density at radius 1 is 1.13 bits per heavy atom. The topological polar surface area (TPSA) is 64.4 Å². The zero-order valence-corrected chi connectivity index (χ0v) is 18.1. The van der Waals surface area contributed by atoms with Gasteiger partial charge in [0, 0.05) is 46.3 Å². The molecule has 2 heterocycles. The molecule has 0 saturated carbocycles. The van der Waals surface area contributed by atoms with Gasteiger partial charge in [-0.1, -0.05) is 18.2 Å². The number of amides is 1. The molecule has 1 saturated heterocycles. The van der Waals surface area contributed by atoms with Crippen molar-refractivity contribution in [1.82, 2.24) is 9.80 Å². The fourth-order valence-electron chi connectivity index (χ4n) is 4.24. The van der Waals surface area contributed by atoms with E-state index in [2.05, 4.69) is 11.0 Å². The molecule has 0 bridgehead atoms. The Hall–Kier alpha value is -2.35. The number of para-hydroxylation sites is 1. The van der Waals surface area contributed by atoms with E-state index in [0.29, 0.717) is 19.7 Å². The second kappa shape index (κ2) is 11.2. The van der Waals surface area contributed by atoms with Crippen LogP contribution in [-0.4, -0.2) is 76.4 Å². The molecule has 0 N–H and O–H groups in total. The maximum absolute atomic E-state index is 12.6. The smallest absolute Gasteiger partial charge is 0.248 e. The van der Waals surface area contributed by atoms with Crippen LogP contribution in [0.5, 0.6) is 5.75 Å². The van der Waals surface area contributed by atoms with Gasteiger partial charge in [0.2, 0.25) is 5.91 Å². The lowest BCUT2D eigenvalue weighted by Gasteiger charge is -2.28. The van der Waals surface area contributed by atoms with Gasteiger partial charge < -0.3 is 23.5 Å². The largest absolute Gasteiger partial charge is 0.496 e. The third-order valence-corrected chi connectivity index (χ3v) is 5.66. The van der Waals surface area contributed by atoms with Crippen LogP contribution in [0.4, 0.5) is 0 Å². The van der Waals surface area contributed by atoms with Gasteiger partial charge in [-0.25, -0.2) is 0 Å².